The van der Waals surface area contributed by atoms with Crippen molar-refractivity contribution in [3.05, 3.63) is 0 Å². The minimum atomic E-state index is -0.565. The van der Waals surface area contributed by atoms with Gasteiger partial charge >= 0.3 is 0 Å². The molecular weight excluding hydrogens is 222 g/mol. The Labute approximate surface area is 102 Å². The first kappa shape index (κ1) is 14.4. The number of hydrogen-bond donors (Lipinski definition) is 2. The third kappa shape index (κ3) is 4.59. The van der Waals surface area contributed by atoms with E-state index in [1.54, 1.807) is 12.0 Å². The molecule has 0 aromatic rings. The SMILES string of the molecule is COCC(N)C(=O)N1CCCN(CCO)CC1. The number of aliphatic hydroxyl groups excluding tert-OH is 1. The van der Waals surface area contributed by atoms with Gasteiger partial charge in [-0.25, -0.2) is 0 Å². The smallest absolute Gasteiger partial charge is 0.241 e. The lowest BCUT2D eigenvalue weighted by Gasteiger charge is -2.24. The molecule has 3 N–H and O–H groups in total. The van der Waals surface area contributed by atoms with E-state index in [0.717, 1.165) is 26.1 Å². The van der Waals surface area contributed by atoms with Gasteiger partial charge in [-0.15, -0.1) is 0 Å². The number of carbonyl (C=O) groups is 1. The summed E-state index contributed by atoms with van der Waals surface area (Å²) in [7, 11) is 1.54. The molecule has 1 aliphatic rings. The van der Waals surface area contributed by atoms with Crippen molar-refractivity contribution in [1.82, 2.24) is 9.80 Å². The molecule has 0 aromatic heterocycles. The molecule has 1 heterocycles. The number of carbonyl (C=O) groups excluding carboxylic acids is 1. The average molecular weight is 245 g/mol. The number of methoxy groups -OCH3 is 1. The molecule has 1 aliphatic heterocycles. The number of hydrogen-bond acceptors (Lipinski definition) is 5. The van der Waals surface area contributed by atoms with E-state index < -0.39 is 6.04 Å². The van der Waals surface area contributed by atoms with E-state index in [1.807, 2.05) is 0 Å². The summed E-state index contributed by atoms with van der Waals surface area (Å²) in [6.45, 7) is 4.23. The fraction of sp³-hybridized carbons (Fsp3) is 0.909. The highest BCUT2D eigenvalue weighted by Gasteiger charge is 2.23. The number of ether oxygens (including phenoxy) is 1. The van der Waals surface area contributed by atoms with Crippen molar-refractivity contribution in [1.29, 1.82) is 0 Å². The van der Waals surface area contributed by atoms with Gasteiger partial charge in [-0.3, -0.25) is 9.69 Å². The van der Waals surface area contributed by atoms with Crippen LogP contribution in [-0.2, 0) is 9.53 Å². The lowest BCUT2D eigenvalue weighted by Crippen LogP contribution is -2.47. The van der Waals surface area contributed by atoms with Gasteiger partial charge in [-0.1, -0.05) is 0 Å². The van der Waals surface area contributed by atoms with Gasteiger partial charge in [0, 0.05) is 33.3 Å². The van der Waals surface area contributed by atoms with Crippen LogP contribution < -0.4 is 5.73 Å². The van der Waals surface area contributed by atoms with E-state index in [4.69, 9.17) is 15.6 Å². The average Bonchev–Trinajstić information content (AvgIpc) is 2.54. The molecule has 0 saturated carbocycles. The Balaban J connectivity index is 2.42. The maximum absolute atomic E-state index is 12.0. The van der Waals surface area contributed by atoms with Crippen LogP contribution in [0, 0.1) is 0 Å². The standard InChI is InChI=1S/C11H23N3O3/c1-17-9-10(12)11(16)14-4-2-3-13(5-6-14)7-8-15/h10,15H,2-9,12H2,1H3. The van der Waals surface area contributed by atoms with Crippen molar-refractivity contribution in [3.8, 4) is 0 Å². The minimum absolute atomic E-state index is 0.0438. The Morgan fingerprint density at radius 2 is 2.18 bits per heavy atom. The van der Waals surface area contributed by atoms with Gasteiger partial charge in [0.1, 0.15) is 6.04 Å². The predicted molar refractivity (Wildman–Crippen MR) is 64.6 cm³/mol. The van der Waals surface area contributed by atoms with E-state index in [2.05, 4.69) is 4.90 Å². The zero-order chi connectivity index (χ0) is 12.7. The summed E-state index contributed by atoms with van der Waals surface area (Å²) in [6.07, 6.45) is 0.922. The molecule has 6 heteroatoms. The first-order chi connectivity index (χ1) is 8.19. The van der Waals surface area contributed by atoms with Crippen LogP contribution >= 0.6 is 0 Å². The number of amides is 1. The van der Waals surface area contributed by atoms with Crippen molar-refractivity contribution >= 4 is 5.91 Å². The van der Waals surface area contributed by atoms with Crippen molar-refractivity contribution in [3.63, 3.8) is 0 Å². The molecule has 100 valence electrons. The number of nitrogens with zero attached hydrogens (tertiary/aromatic N) is 2. The van der Waals surface area contributed by atoms with Crippen LogP contribution in [0.2, 0.25) is 0 Å². The fourth-order valence-corrected chi connectivity index (χ4v) is 2.04. The van der Waals surface area contributed by atoms with Crippen molar-refractivity contribution < 1.29 is 14.6 Å². The molecule has 0 radical (unpaired) electrons. The van der Waals surface area contributed by atoms with Gasteiger partial charge < -0.3 is 20.5 Å². The highest BCUT2D eigenvalue weighted by atomic mass is 16.5. The van der Waals surface area contributed by atoms with Crippen molar-refractivity contribution in [2.45, 2.75) is 12.5 Å². The first-order valence-electron chi connectivity index (χ1n) is 6.05. The summed E-state index contributed by atoms with van der Waals surface area (Å²) in [5.41, 5.74) is 5.73. The van der Waals surface area contributed by atoms with Gasteiger partial charge in [-0.2, -0.15) is 0 Å². The zero-order valence-corrected chi connectivity index (χ0v) is 10.5. The van der Waals surface area contributed by atoms with Gasteiger partial charge in [0.05, 0.1) is 13.2 Å². The second-order valence-corrected chi connectivity index (χ2v) is 4.31. The molecule has 1 atom stereocenters. The third-order valence-electron chi connectivity index (χ3n) is 2.98. The van der Waals surface area contributed by atoms with E-state index in [-0.39, 0.29) is 19.1 Å². The third-order valence-corrected chi connectivity index (χ3v) is 2.98. The van der Waals surface area contributed by atoms with Gasteiger partial charge in [0.25, 0.3) is 0 Å². The molecule has 0 bridgehead atoms. The van der Waals surface area contributed by atoms with Crippen LogP contribution in [-0.4, -0.2) is 79.9 Å². The lowest BCUT2D eigenvalue weighted by atomic mass is 10.2. The molecule has 1 unspecified atom stereocenters. The summed E-state index contributed by atoms with van der Waals surface area (Å²) in [5.74, 6) is -0.0438. The normalized spacial score (nSPS) is 20.1. The summed E-state index contributed by atoms with van der Waals surface area (Å²) in [5, 5.41) is 8.88. The predicted octanol–water partition coefficient (Wildman–Crippen LogP) is -1.51. The van der Waals surface area contributed by atoms with E-state index in [9.17, 15) is 4.79 Å². The number of nitrogens with two attached hydrogens (primary N) is 1. The zero-order valence-electron chi connectivity index (χ0n) is 10.5. The van der Waals surface area contributed by atoms with Crippen LogP contribution in [0.4, 0.5) is 0 Å². The maximum Gasteiger partial charge on any atom is 0.241 e. The second-order valence-electron chi connectivity index (χ2n) is 4.31. The monoisotopic (exact) mass is 245 g/mol. The largest absolute Gasteiger partial charge is 0.395 e. The van der Waals surface area contributed by atoms with Crippen LogP contribution in [0.3, 0.4) is 0 Å². The fourth-order valence-electron chi connectivity index (χ4n) is 2.04. The summed E-state index contributed by atoms with van der Waals surface area (Å²) in [6, 6.07) is -0.565. The number of rotatable bonds is 5. The van der Waals surface area contributed by atoms with Gasteiger partial charge in [0.15, 0.2) is 0 Å². The molecule has 1 fully saturated rings. The summed E-state index contributed by atoms with van der Waals surface area (Å²) >= 11 is 0. The molecule has 17 heavy (non-hydrogen) atoms. The van der Waals surface area contributed by atoms with Crippen LogP contribution in [0.25, 0.3) is 0 Å². The Kier molecular flexibility index (Phi) is 6.43. The quantitative estimate of drug-likeness (QED) is 0.615. The van der Waals surface area contributed by atoms with Crippen LogP contribution in [0.1, 0.15) is 6.42 Å². The van der Waals surface area contributed by atoms with E-state index in [1.165, 1.54) is 0 Å². The number of aliphatic hydroxyl groups is 1. The highest BCUT2D eigenvalue weighted by molar-refractivity contribution is 5.81. The summed E-state index contributed by atoms with van der Waals surface area (Å²) < 4.78 is 4.89. The minimum Gasteiger partial charge on any atom is -0.395 e. The molecule has 1 rings (SSSR count). The van der Waals surface area contributed by atoms with Crippen molar-refractivity contribution in [2.75, 3.05) is 53.0 Å². The lowest BCUT2D eigenvalue weighted by molar-refractivity contribution is -0.133. The van der Waals surface area contributed by atoms with Gasteiger partial charge in [0.2, 0.25) is 5.91 Å². The number of β-amino-alcohol motifs (C(OH)–C–C–N with tert-alkyl or cyclic N) is 1. The topological polar surface area (TPSA) is 79.0 Å². The molecule has 0 aromatic carbocycles. The molecular formula is C11H23N3O3. The van der Waals surface area contributed by atoms with Gasteiger partial charge in [-0.05, 0) is 13.0 Å². The van der Waals surface area contributed by atoms with Crippen LogP contribution in [0.5, 0.6) is 0 Å². The van der Waals surface area contributed by atoms with E-state index >= 15 is 0 Å². The maximum atomic E-state index is 12.0. The molecule has 1 amide bonds. The molecule has 0 aliphatic carbocycles. The van der Waals surface area contributed by atoms with E-state index in [0.29, 0.717) is 13.1 Å². The Hall–Kier alpha value is -0.690. The molecule has 6 nitrogen and oxygen atoms in total. The molecule has 1 saturated heterocycles. The van der Waals surface area contributed by atoms with Crippen molar-refractivity contribution in [2.24, 2.45) is 5.73 Å². The molecule has 0 spiro atoms. The summed E-state index contributed by atoms with van der Waals surface area (Å²) in [4.78, 5) is 15.9. The Bertz CT molecular complexity index is 238. The highest BCUT2D eigenvalue weighted by Crippen LogP contribution is 2.04. The second kappa shape index (κ2) is 7.60. The van der Waals surface area contributed by atoms with Crippen LogP contribution in [0.15, 0.2) is 0 Å². The first-order valence-corrected chi connectivity index (χ1v) is 6.05. The Morgan fingerprint density at radius 3 is 2.82 bits per heavy atom. The Morgan fingerprint density at radius 1 is 1.41 bits per heavy atom.